The molecule has 0 bridgehead atoms. The van der Waals surface area contributed by atoms with Gasteiger partial charge in [0.2, 0.25) is 0 Å². The van der Waals surface area contributed by atoms with Crippen molar-refractivity contribution in [3.8, 4) is 22.3 Å². The zero-order chi connectivity index (χ0) is 27.5. The lowest BCUT2D eigenvalue weighted by Crippen LogP contribution is -2.45. The molecule has 0 saturated heterocycles. The second kappa shape index (κ2) is 10.9. The zero-order valence-corrected chi connectivity index (χ0v) is 20.7. The Balaban J connectivity index is 1.41. The van der Waals surface area contributed by atoms with Gasteiger partial charge in [-0.05, 0) is 83.1 Å². The van der Waals surface area contributed by atoms with E-state index in [0.29, 0.717) is 24.0 Å². The van der Waals surface area contributed by atoms with Crippen LogP contribution in [0, 0.1) is 11.6 Å². The molecule has 0 spiro atoms. The zero-order valence-electron chi connectivity index (χ0n) is 20.7. The Kier molecular flexibility index (Phi) is 7.19. The first-order valence-corrected chi connectivity index (χ1v) is 12.4. The molecule has 1 heterocycles. The highest BCUT2D eigenvalue weighted by atomic mass is 19.1. The maximum Gasteiger partial charge on any atom is 0.404 e. The average Bonchev–Trinajstić information content (AvgIpc) is 3.17. The first-order chi connectivity index (χ1) is 18.8. The molecule has 196 valence electrons. The fourth-order valence-electron chi connectivity index (χ4n) is 4.80. The number of hydrogen-bond acceptors (Lipinski definition) is 3. The average molecular weight is 527 g/mol. The quantitative estimate of drug-likeness (QED) is 0.269. The monoisotopic (exact) mass is 526 g/mol. The Morgan fingerprint density at radius 2 is 1.23 bits per heavy atom. The second-order valence-corrected chi connectivity index (χ2v) is 9.38. The lowest BCUT2D eigenvalue weighted by Gasteiger charge is -2.23. The molecule has 0 aliphatic carbocycles. The van der Waals surface area contributed by atoms with E-state index in [4.69, 9.17) is 0 Å². The highest BCUT2D eigenvalue weighted by Crippen LogP contribution is 2.30. The predicted octanol–water partition coefficient (Wildman–Crippen LogP) is 6.16. The second-order valence-electron chi connectivity index (χ2n) is 9.38. The number of amides is 3. The molecule has 4 aromatic rings. The van der Waals surface area contributed by atoms with Crippen LogP contribution in [0.1, 0.15) is 32.7 Å². The first kappa shape index (κ1) is 25.8. The summed E-state index contributed by atoms with van der Waals surface area (Å²) in [5, 5.41) is 11.9. The lowest BCUT2D eigenvalue weighted by molar-refractivity contribution is 0.0634. The number of aryl methyl sites for hydroxylation is 1. The predicted molar refractivity (Wildman–Crippen MR) is 142 cm³/mol. The van der Waals surface area contributed by atoms with Crippen molar-refractivity contribution in [3.63, 3.8) is 0 Å². The summed E-state index contributed by atoms with van der Waals surface area (Å²) < 4.78 is 27.1. The third-order valence-electron chi connectivity index (χ3n) is 6.74. The van der Waals surface area contributed by atoms with E-state index in [2.05, 4.69) is 5.32 Å². The molecule has 1 aliphatic heterocycles. The van der Waals surface area contributed by atoms with E-state index in [-0.39, 0.29) is 18.2 Å². The number of halogens is 2. The molecule has 0 radical (unpaired) electrons. The molecule has 0 saturated carbocycles. The van der Waals surface area contributed by atoms with Crippen LogP contribution in [0.3, 0.4) is 0 Å². The summed E-state index contributed by atoms with van der Waals surface area (Å²) in [5.74, 6) is -1.62. The standard InChI is InChI=1S/C31H24F2N2O4/c32-24-10-6-20(7-11-24)22-15-19(16-23(17-22)21-8-12-25(33)13-9-21)5-14-26(34-31(38)39)18-35-29(36)27-3-1-2-4-28(27)30(35)37/h1-4,6-13,15-17,26,34H,5,14,18H2,(H,38,39)/t26-/m1/s1. The van der Waals surface area contributed by atoms with Crippen LogP contribution >= 0.6 is 0 Å². The van der Waals surface area contributed by atoms with Gasteiger partial charge in [-0.1, -0.05) is 48.5 Å². The van der Waals surface area contributed by atoms with Crippen LogP contribution in [0.25, 0.3) is 22.3 Å². The minimum Gasteiger partial charge on any atom is -0.465 e. The normalized spacial score (nSPS) is 13.3. The largest absolute Gasteiger partial charge is 0.465 e. The molecule has 5 rings (SSSR count). The summed E-state index contributed by atoms with van der Waals surface area (Å²) in [6.45, 7) is -0.110. The fourth-order valence-corrected chi connectivity index (χ4v) is 4.80. The maximum absolute atomic E-state index is 13.5. The number of benzene rings is 4. The number of carboxylic acid groups (broad SMARTS) is 1. The van der Waals surface area contributed by atoms with Gasteiger partial charge in [0.15, 0.2) is 0 Å². The van der Waals surface area contributed by atoms with E-state index in [0.717, 1.165) is 32.7 Å². The number of hydrogen-bond donors (Lipinski definition) is 2. The number of nitrogens with one attached hydrogen (secondary N) is 1. The van der Waals surface area contributed by atoms with Crippen molar-refractivity contribution in [1.82, 2.24) is 10.2 Å². The Morgan fingerprint density at radius 3 is 1.69 bits per heavy atom. The highest BCUT2D eigenvalue weighted by molar-refractivity contribution is 6.21. The molecule has 6 nitrogen and oxygen atoms in total. The van der Waals surface area contributed by atoms with E-state index in [1.807, 2.05) is 18.2 Å². The first-order valence-electron chi connectivity index (χ1n) is 12.4. The van der Waals surface area contributed by atoms with Crippen LogP contribution in [0.4, 0.5) is 13.6 Å². The van der Waals surface area contributed by atoms with Crippen LogP contribution < -0.4 is 5.32 Å². The van der Waals surface area contributed by atoms with Gasteiger partial charge in [-0.25, -0.2) is 13.6 Å². The molecule has 39 heavy (non-hydrogen) atoms. The van der Waals surface area contributed by atoms with Gasteiger partial charge in [0, 0.05) is 6.54 Å². The summed E-state index contributed by atoms with van der Waals surface area (Å²) >= 11 is 0. The van der Waals surface area contributed by atoms with Gasteiger partial charge in [-0.2, -0.15) is 0 Å². The minimum atomic E-state index is -1.26. The van der Waals surface area contributed by atoms with Gasteiger partial charge >= 0.3 is 6.09 Å². The number of imide groups is 1. The molecule has 3 amide bonds. The van der Waals surface area contributed by atoms with Crippen molar-refractivity contribution in [2.24, 2.45) is 0 Å². The Bertz CT molecular complexity index is 1450. The van der Waals surface area contributed by atoms with Gasteiger partial charge in [0.05, 0.1) is 17.2 Å². The maximum atomic E-state index is 13.5. The molecule has 4 aromatic carbocycles. The molecule has 0 fully saturated rings. The summed E-state index contributed by atoms with van der Waals surface area (Å²) in [6.07, 6.45) is -0.545. The number of nitrogens with zero attached hydrogens (tertiary/aromatic N) is 1. The topological polar surface area (TPSA) is 86.7 Å². The molecule has 2 N–H and O–H groups in total. The van der Waals surface area contributed by atoms with Crippen LogP contribution in [-0.2, 0) is 6.42 Å². The third-order valence-corrected chi connectivity index (χ3v) is 6.74. The van der Waals surface area contributed by atoms with Crippen molar-refractivity contribution in [2.75, 3.05) is 6.54 Å². The van der Waals surface area contributed by atoms with Crippen LogP contribution in [-0.4, -0.2) is 40.5 Å². The Labute approximate surface area is 223 Å². The smallest absolute Gasteiger partial charge is 0.404 e. The molecule has 8 heteroatoms. The van der Waals surface area contributed by atoms with E-state index in [1.165, 1.54) is 24.3 Å². The van der Waals surface area contributed by atoms with E-state index in [1.54, 1.807) is 48.5 Å². The van der Waals surface area contributed by atoms with Gasteiger partial charge in [-0.15, -0.1) is 0 Å². The molecule has 1 atom stereocenters. The SMILES string of the molecule is O=C(O)N[C@H](CCc1cc(-c2ccc(F)cc2)cc(-c2ccc(F)cc2)c1)CN1C(=O)c2ccccc2C1=O. The van der Waals surface area contributed by atoms with Gasteiger partial charge < -0.3 is 10.4 Å². The van der Waals surface area contributed by atoms with Crippen molar-refractivity contribution in [3.05, 3.63) is 119 Å². The molecular weight excluding hydrogens is 502 g/mol. The Morgan fingerprint density at radius 1 is 0.744 bits per heavy atom. The molecule has 0 unspecified atom stereocenters. The number of rotatable bonds is 8. The van der Waals surface area contributed by atoms with Crippen molar-refractivity contribution < 1.29 is 28.3 Å². The number of carbonyl (C=O) groups is 3. The summed E-state index contributed by atoms with van der Waals surface area (Å²) in [5.41, 5.74) is 4.65. The van der Waals surface area contributed by atoms with Crippen molar-refractivity contribution >= 4 is 17.9 Å². The lowest BCUT2D eigenvalue weighted by atomic mass is 9.93. The third kappa shape index (κ3) is 5.70. The summed E-state index contributed by atoms with van der Waals surface area (Å²) in [6, 6.07) is 23.7. The van der Waals surface area contributed by atoms with E-state index in [9.17, 15) is 28.3 Å². The number of fused-ring (bicyclic) bond motifs is 1. The van der Waals surface area contributed by atoms with Crippen molar-refractivity contribution in [1.29, 1.82) is 0 Å². The molecule has 0 aromatic heterocycles. The van der Waals surface area contributed by atoms with Gasteiger partial charge in [0.25, 0.3) is 11.8 Å². The number of carbonyl (C=O) groups excluding carboxylic acids is 2. The van der Waals surface area contributed by atoms with Crippen molar-refractivity contribution in [2.45, 2.75) is 18.9 Å². The van der Waals surface area contributed by atoms with E-state index < -0.39 is 23.9 Å². The van der Waals surface area contributed by atoms with Crippen LogP contribution in [0.2, 0.25) is 0 Å². The Hall–Kier alpha value is -4.85. The summed E-state index contributed by atoms with van der Waals surface area (Å²) in [7, 11) is 0. The van der Waals surface area contributed by atoms with Crippen LogP contribution in [0.5, 0.6) is 0 Å². The summed E-state index contributed by atoms with van der Waals surface area (Å²) in [4.78, 5) is 38.3. The van der Waals surface area contributed by atoms with Gasteiger partial charge in [-0.3, -0.25) is 14.5 Å². The molecular formula is C31H24F2N2O4. The fraction of sp³-hybridized carbons (Fsp3) is 0.129. The van der Waals surface area contributed by atoms with Gasteiger partial charge in [0.1, 0.15) is 11.6 Å². The molecule has 1 aliphatic rings. The van der Waals surface area contributed by atoms with Crippen LogP contribution in [0.15, 0.2) is 91.0 Å². The minimum absolute atomic E-state index is 0.110. The highest BCUT2D eigenvalue weighted by Gasteiger charge is 2.36. The van der Waals surface area contributed by atoms with E-state index >= 15 is 0 Å².